The van der Waals surface area contributed by atoms with Crippen molar-refractivity contribution in [2.24, 2.45) is 11.3 Å². The molecule has 2 atom stereocenters. The van der Waals surface area contributed by atoms with E-state index < -0.39 is 5.97 Å². The molecule has 3 heteroatoms. The van der Waals surface area contributed by atoms with Crippen LogP contribution in [-0.2, 0) is 10.5 Å². The van der Waals surface area contributed by atoms with E-state index in [-0.39, 0.29) is 17.3 Å². The Balaban J connectivity index is 1.73. The summed E-state index contributed by atoms with van der Waals surface area (Å²) in [5, 5.41) is 9.37. The highest BCUT2D eigenvalue weighted by molar-refractivity contribution is 7.98. The van der Waals surface area contributed by atoms with Crippen molar-refractivity contribution in [3.8, 4) is 0 Å². The lowest BCUT2D eigenvalue weighted by Gasteiger charge is -2.10. The van der Waals surface area contributed by atoms with Gasteiger partial charge in [-0.2, -0.15) is 0 Å². The number of carbonyl (C=O) groups is 1. The number of hydrogen-bond acceptors (Lipinski definition) is 2. The fourth-order valence-corrected chi connectivity index (χ4v) is 4.46. The van der Waals surface area contributed by atoms with Gasteiger partial charge in [-0.25, -0.2) is 0 Å². The molecular weight excluding hydrogens is 304 g/mol. The highest BCUT2D eigenvalue weighted by atomic mass is 32.2. The van der Waals surface area contributed by atoms with Crippen LogP contribution in [0.1, 0.15) is 36.5 Å². The Morgan fingerprint density at radius 1 is 1.17 bits per heavy atom. The van der Waals surface area contributed by atoms with Gasteiger partial charge in [-0.15, -0.1) is 11.8 Å². The summed E-state index contributed by atoms with van der Waals surface area (Å²) < 4.78 is 0. The summed E-state index contributed by atoms with van der Waals surface area (Å²) in [7, 11) is 0. The summed E-state index contributed by atoms with van der Waals surface area (Å²) in [6, 6.07) is 16.9. The molecule has 1 unspecified atom stereocenters. The second kappa shape index (κ2) is 6.04. The molecule has 0 amide bonds. The maximum Gasteiger partial charge on any atom is 0.307 e. The summed E-state index contributed by atoms with van der Waals surface area (Å²) in [5.41, 5.74) is 3.56. The number of aliphatic carboxylic acids is 1. The van der Waals surface area contributed by atoms with Crippen LogP contribution >= 0.6 is 11.8 Å². The van der Waals surface area contributed by atoms with E-state index in [2.05, 4.69) is 49.4 Å². The van der Waals surface area contributed by atoms with Gasteiger partial charge in [0.2, 0.25) is 0 Å². The zero-order valence-corrected chi connectivity index (χ0v) is 14.6. The Kier molecular flexibility index (Phi) is 4.24. The van der Waals surface area contributed by atoms with Gasteiger partial charge in [0.1, 0.15) is 0 Å². The lowest BCUT2D eigenvalue weighted by atomic mass is 9.99. The third-order valence-electron chi connectivity index (χ3n) is 4.92. The Bertz CT molecular complexity index is 722. The van der Waals surface area contributed by atoms with Gasteiger partial charge in [-0.3, -0.25) is 4.79 Å². The molecule has 2 aromatic carbocycles. The van der Waals surface area contributed by atoms with Crippen molar-refractivity contribution >= 4 is 17.7 Å². The molecule has 2 nitrogen and oxygen atoms in total. The van der Waals surface area contributed by atoms with Gasteiger partial charge < -0.3 is 5.11 Å². The number of carboxylic acids is 1. The van der Waals surface area contributed by atoms with Crippen LogP contribution in [0.4, 0.5) is 0 Å². The Hall–Kier alpha value is -1.74. The number of hydrogen-bond donors (Lipinski definition) is 1. The molecule has 1 aliphatic carbocycles. The van der Waals surface area contributed by atoms with Crippen molar-refractivity contribution in [3.63, 3.8) is 0 Å². The molecule has 0 spiro atoms. The lowest BCUT2D eigenvalue weighted by Crippen LogP contribution is -2.03. The predicted octanol–water partition coefficient (Wildman–Crippen LogP) is 5.11. The Morgan fingerprint density at radius 2 is 1.87 bits per heavy atom. The summed E-state index contributed by atoms with van der Waals surface area (Å²) in [5.74, 6) is 0.144. The van der Waals surface area contributed by atoms with Crippen molar-refractivity contribution in [3.05, 3.63) is 65.2 Å². The van der Waals surface area contributed by atoms with Gasteiger partial charge >= 0.3 is 5.97 Å². The second-order valence-electron chi connectivity index (χ2n) is 6.91. The van der Waals surface area contributed by atoms with E-state index in [0.29, 0.717) is 0 Å². The first-order valence-corrected chi connectivity index (χ1v) is 8.90. The number of rotatable bonds is 5. The first kappa shape index (κ1) is 16.1. The van der Waals surface area contributed by atoms with Crippen molar-refractivity contribution in [1.82, 2.24) is 0 Å². The zero-order chi connectivity index (χ0) is 16.6. The van der Waals surface area contributed by atoms with Gasteiger partial charge in [0.15, 0.2) is 0 Å². The van der Waals surface area contributed by atoms with E-state index in [4.69, 9.17) is 0 Å². The average Bonchev–Trinajstić information content (AvgIpc) is 3.09. The lowest BCUT2D eigenvalue weighted by molar-refractivity contribution is -0.139. The van der Waals surface area contributed by atoms with Gasteiger partial charge in [0.25, 0.3) is 0 Å². The molecule has 0 aromatic heterocycles. The van der Waals surface area contributed by atoms with Crippen LogP contribution in [0.15, 0.2) is 53.4 Å². The van der Waals surface area contributed by atoms with Crippen LogP contribution < -0.4 is 0 Å². The molecule has 1 aliphatic rings. The molecule has 1 fully saturated rings. The summed E-state index contributed by atoms with van der Waals surface area (Å²) >= 11 is 1.82. The van der Waals surface area contributed by atoms with Gasteiger partial charge in [-0.05, 0) is 41.2 Å². The Labute approximate surface area is 141 Å². The van der Waals surface area contributed by atoms with Crippen molar-refractivity contribution < 1.29 is 9.90 Å². The van der Waals surface area contributed by atoms with E-state index in [1.807, 2.05) is 31.7 Å². The molecule has 0 heterocycles. The molecule has 3 rings (SSSR count). The third-order valence-corrected chi connectivity index (χ3v) is 5.98. The number of aryl methyl sites for hydroxylation is 1. The van der Waals surface area contributed by atoms with Crippen LogP contribution in [0, 0.1) is 18.3 Å². The van der Waals surface area contributed by atoms with Crippen LogP contribution in [-0.4, -0.2) is 11.1 Å². The van der Waals surface area contributed by atoms with Crippen molar-refractivity contribution in [1.29, 1.82) is 0 Å². The highest BCUT2D eigenvalue weighted by Crippen LogP contribution is 2.65. The molecule has 0 saturated heterocycles. The average molecular weight is 326 g/mol. The molecular formula is C20H22O2S. The van der Waals surface area contributed by atoms with E-state index in [1.165, 1.54) is 21.6 Å². The maximum atomic E-state index is 11.4. The molecule has 1 saturated carbocycles. The minimum absolute atomic E-state index is 0.133. The minimum Gasteiger partial charge on any atom is -0.481 e. The van der Waals surface area contributed by atoms with E-state index >= 15 is 0 Å². The van der Waals surface area contributed by atoms with Gasteiger partial charge in [-0.1, -0.05) is 50.2 Å². The van der Waals surface area contributed by atoms with Crippen LogP contribution in [0.5, 0.6) is 0 Å². The SMILES string of the molecule is Cc1cc(SCc2ccccc2)ccc1C1[C@H](C(=O)O)C1(C)C. The van der Waals surface area contributed by atoms with Gasteiger partial charge in [0, 0.05) is 16.6 Å². The van der Waals surface area contributed by atoms with Crippen molar-refractivity contribution in [2.75, 3.05) is 0 Å². The van der Waals surface area contributed by atoms with E-state index in [0.717, 1.165) is 5.75 Å². The summed E-state index contributed by atoms with van der Waals surface area (Å²) in [4.78, 5) is 12.6. The molecule has 2 aromatic rings. The number of benzene rings is 2. The molecule has 0 bridgehead atoms. The monoisotopic (exact) mass is 326 g/mol. The number of carboxylic acid groups (broad SMARTS) is 1. The van der Waals surface area contributed by atoms with Crippen LogP contribution in [0.3, 0.4) is 0 Å². The standard InChI is InChI=1S/C20H22O2S/c1-13-11-15(23-12-14-7-5-4-6-8-14)9-10-16(13)17-18(19(21)22)20(17,2)3/h4-11,17-18H,12H2,1-3H3,(H,21,22)/t17?,18-/m1/s1. The van der Waals surface area contributed by atoms with E-state index in [1.54, 1.807) is 0 Å². The van der Waals surface area contributed by atoms with Crippen molar-refractivity contribution in [2.45, 2.75) is 37.3 Å². The molecule has 0 aliphatic heterocycles. The Morgan fingerprint density at radius 3 is 2.43 bits per heavy atom. The molecule has 0 radical (unpaired) electrons. The molecule has 23 heavy (non-hydrogen) atoms. The smallest absolute Gasteiger partial charge is 0.307 e. The minimum atomic E-state index is -0.679. The normalized spacial score (nSPS) is 21.9. The topological polar surface area (TPSA) is 37.3 Å². The summed E-state index contributed by atoms with van der Waals surface area (Å²) in [6.07, 6.45) is 0. The molecule has 1 N–H and O–H groups in total. The first-order chi connectivity index (χ1) is 10.9. The van der Waals surface area contributed by atoms with Crippen LogP contribution in [0.25, 0.3) is 0 Å². The molecule has 120 valence electrons. The fourth-order valence-electron chi connectivity index (χ4n) is 3.51. The maximum absolute atomic E-state index is 11.4. The number of thioether (sulfide) groups is 1. The first-order valence-electron chi connectivity index (χ1n) is 7.91. The summed E-state index contributed by atoms with van der Waals surface area (Å²) in [6.45, 7) is 6.19. The quantitative estimate of drug-likeness (QED) is 0.776. The largest absolute Gasteiger partial charge is 0.481 e. The fraction of sp³-hybridized carbons (Fsp3) is 0.350. The van der Waals surface area contributed by atoms with Gasteiger partial charge in [0.05, 0.1) is 5.92 Å². The third kappa shape index (κ3) is 3.16. The predicted molar refractivity (Wildman–Crippen MR) is 94.8 cm³/mol. The highest BCUT2D eigenvalue weighted by Gasteiger charge is 2.62. The van der Waals surface area contributed by atoms with E-state index in [9.17, 15) is 9.90 Å². The second-order valence-corrected chi connectivity index (χ2v) is 7.96. The zero-order valence-electron chi connectivity index (χ0n) is 13.7. The van der Waals surface area contributed by atoms with Crippen LogP contribution in [0.2, 0.25) is 0 Å².